The highest BCUT2D eigenvalue weighted by Gasteiger charge is 2.38. The second-order valence-corrected chi connectivity index (χ2v) is 8.40. The summed E-state index contributed by atoms with van der Waals surface area (Å²) in [5, 5.41) is 9.65. The Morgan fingerprint density at radius 1 is 1.22 bits per heavy atom. The smallest absolute Gasteiger partial charge is 0.341 e. The van der Waals surface area contributed by atoms with Crippen LogP contribution in [0.25, 0.3) is 11.3 Å². The van der Waals surface area contributed by atoms with Gasteiger partial charge in [-0.3, -0.25) is 4.79 Å². The molecule has 4 rings (SSSR count). The molecule has 1 fully saturated rings. The Kier molecular flexibility index (Phi) is 6.15. The van der Waals surface area contributed by atoms with E-state index in [2.05, 4.69) is 0 Å². The number of carboxylic acids is 1. The van der Waals surface area contributed by atoms with Gasteiger partial charge in [0, 0.05) is 29.8 Å². The number of aromatic nitrogens is 1. The summed E-state index contributed by atoms with van der Waals surface area (Å²) in [4.78, 5) is 25.0. The highest BCUT2D eigenvalue weighted by molar-refractivity contribution is 5.89. The summed E-state index contributed by atoms with van der Waals surface area (Å²) >= 11 is 0. The number of carboxylic acid groups (broad SMARTS) is 1. The Bertz CT molecular complexity index is 1080. The van der Waals surface area contributed by atoms with E-state index in [1.54, 1.807) is 23.8 Å². The first-order valence-corrected chi connectivity index (χ1v) is 11.0. The number of hydrogen-bond donors (Lipinski definition) is 1. The fourth-order valence-electron chi connectivity index (χ4n) is 4.14. The minimum Gasteiger partial charge on any atom is -0.493 e. The molecule has 1 aromatic carbocycles. The van der Waals surface area contributed by atoms with E-state index in [-0.39, 0.29) is 17.5 Å². The summed E-state index contributed by atoms with van der Waals surface area (Å²) in [6, 6.07) is 5.05. The van der Waals surface area contributed by atoms with E-state index in [0.717, 1.165) is 12.8 Å². The van der Waals surface area contributed by atoms with Crippen molar-refractivity contribution in [3.05, 3.63) is 39.7 Å². The molecule has 8 nitrogen and oxygen atoms in total. The number of fused-ring (bicyclic) bond motifs is 3. The molecule has 1 aromatic heterocycles. The van der Waals surface area contributed by atoms with Crippen molar-refractivity contribution in [3.8, 4) is 28.5 Å². The van der Waals surface area contributed by atoms with E-state index in [1.807, 2.05) is 20.8 Å². The van der Waals surface area contributed by atoms with Gasteiger partial charge in [0.1, 0.15) is 24.0 Å². The SMILES string of the molecule is CCOCCOc1cc2c(cc1OC)-c1c(cc(C(=O)O)c(=O)n1C1CC1)C(C(C)C)O2. The number of benzene rings is 1. The first-order valence-electron chi connectivity index (χ1n) is 11.0. The van der Waals surface area contributed by atoms with Gasteiger partial charge >= 0.3 is 5.97 Å². The van der Waals surface area contributed by atoms with Gasteiger partial charge in [0.05, 0.1) is 19.4 Å². The van der Waals surface area contributed by atoms with Gasteiger partial charge in [-0.15, -0.1) is 0 Å². The third kappa shape index (κ3) is 3.95. The van der Waals surface area contributed by atoms with Crippen molar-refractivity contribution in [2.75, 3.05) is 26.9 Å². The van der Waals surface area contributed by atoms with Crippen molar-refractivity contribution in [2.24, 2.45) is 5.92 Å². The standard InChI is InChI=1S/C24H29NO7/c1-5-30-8-9-31-20-12-18-15(11-19(20)29-4)21-16(22(32-18)13(2)3)10-17(24(27)28)23(26)25(21)14-6-7-14/h10-14,22H,5-9H2,1-4H3,(H,27,28). The van der Waals surface area contributed by atoms with Gasteiger partial charge in [-0.2, -0.15) is 0 Å². The summed E-state index contributed by atoms with van der Waals surface area (Å²) in [5.74, 6) is 0.448. The van der Waals surface area contributed by atoms with Gasteiger partial charge < -0.3 is 28.6 Å². The predicted octanol–water partition coefficient (Wildman–Crippen LogP) is 4.06. The quantitative estimate of drug-likeness (QED) is 0.584. The first-order chi connectivity index (χ1) is 15.4. The van der Waals surface area contributed by atoms with E-state index in [9.17, 15) is 14.7 Å². The molecule has 1 aliphatic carbocycles. The van der Waals surface area contributed by atoms with E-state index in [4.69, 9.17) is 18.9 Å². The molecule has 0 amide bonds. The molecule has 8 heteroatoms. The van der Waals surface area contributed by atoms with Crippen LogP contribution < -0.4 is 19.8 Å². The monoisotopic (exact) mass is 443 g/mol. The third-order valence-electron chi connectivity index (χ3n) is 5.78. The normalized spacial score (nSPS) is 16.8. The van der Waals surface area contributed by atoms with E-state index in [0.29, 0.717) is 53.9 Å². The molecule has 172 valence electrons. The Hall–Kier alpha value is -3.00. The van der Waals surface area contributed by atoms with Gasteiger partial charge in [-0.25, -0.2) is 4.79 Å². The molecule has 2 heterocycles. The molecule has 0 bridgehead atoms. The summed E-state index contributed by atoms with van der Waals surface area (Å²) in [6.45, 7) is 7.37. The lowest BCUT2D eigenvalue weighted by Gasteiger charge is -2.33. The van der Waals surface area contributed by atoms with Gasteiger partial charge in [0.25, 0.3) is 5.56 Å². The average Bonchev–Trinajstić information content (AvgIpc) is 3.59. The molecule has 2 aliphatic rings. The highest BCUT2D eigenvalue weighted by Crippen LogP contribution is 2.50. The average molecular weight is 443 g/mol. The molecule has 1 saturated carbocycles. The van der Waals surface area contributed by atoms with Crippen LogP contribution >= 0.6 is 0 Å². The van der Waals surface area contributed by atoms with Crippen molar-refractivity contribution in [1.29, 1.82) is 0 Å². The van der Waals surface area contributed by atoms with Crippen LogP contribution in [0.5, 0.6) is 17.2 Å². The van der Waals surface area contributed by atoms with Crippen molar-refractivity contribution < 1.29 is 28.8 Å². The van der Waals surface area contributed by atoms with Crippen LogP contribution in [-0.4, -0.2) is 42.6 Å². The van der Waals surface area contributed by atoms with E-state index < -0.39 is 17.6 Å². The molecule has 1 atom stereocenters. The van der Waals surface area contributed by atoms with Crippen LogP contribution in [0.4, 0.5) is 0 Å². The van der Waals surface area contributed by atoms with Gasteiger partial charge in [-0.1, -0.05) is 13.8 Å². The predicted molar refractivity (Wildman–Crippen MR) is 118 cm³/mol. The third-order valence-corrected chi connectivity index (χ3v) is 5.78. The summed E-state index contributed by atoms with van der Waals surface area (Å²) in [6.07, 6.45) is 1.28. The molecular formula is C24H29NO7. The molecule has 1 N–H and O–H groups in total. The number of aromatic carboxylic acids is 1. The van der Waals surface area contributed by atoms with Crippen LogP contribution in [0, 0.1) is 5.92 Å². The van der Waals surface area contributed by atoms with Crippen LogP contribution in [-0.2, 0) is 4.74 Å². The zero-order valence-electron chi connectivity index (χ0n) is 18.8. The number of methoxy groups -OCH3 is 1. The Morgan fingerprint density at radius 3 is 2.56 bits per heavy atom. The Morgan fingerprint density at radius 2 is 1.97 bits per heavy atom. The minimum atomic E-state index is -1.23. The van der Waals surface area contributed by atoms with Crippen LogP contribution in [0.1, 0.15) is 61.7 Å². The molecule has 2 aromatic rings. The highest BCUT2D eigenvalue weighted by atomic mass is 16.5. The van der Waals surface area contributed by atoms with Crippen molar-refractivity contribution in [3.63, 3.8) is 0 Å². The van der Waals surface area contributed by atoms with Crippen molar-refractivity contribution >= 4 is 5.97 Å². The molecular weight excluding hydrogens is 414 g/mol. The largest absolute Gasteiger partial charge is 0.493 e. The van der Waals surface area contributed by atoms with Crippen molar-refractivity contribution in [1.82, 2.24) is 4.57 Å². The molecule has 0 saturated heterocycles. The van der Waals surface area contributed by atoms with Crippen LogP contribution in [0.3, 0.4) is 0 Å². The summed E-state index contributed by atoms with van der Waals surface area (Å²) in [5.41, 5.74) is 1.42. The van der Waals surface area contributed by atoms with Crippen LogP contribution in [0.2, 0.25) is 0 Å². The summed E-state index contributed by atoms with van der Waals surface area (Å²) < 4.78 is 24.8. The maximum absolute atomic E-state index is 13.1. The van der Waals surface area contributed by atoms with Gasteiger partial charge in [0.15, 0.2) is 11.5 Å². The van der Waals surface area contributed by atoms with E-state index >= 15 is 0 Å². The van der Waals surface area contributed by atoms with E-state index in [1.165, 1.54) is 6.07 Å². The zero-order chi connectivity index (χ0) is 23.0. The molecule has 1 unspecified atom stereocenters. The fourth-order valence-corrected chi connectivity index (χ4v) is 4.14. The molecule has 0 spiro atoms. The maximum Gasteiger partial charge on any atom is 0.341 e. The number of ether oxygens (including phenoxy) is 4. The molecule has 1 aliphatic heterocycles. The number of hydrogen-bond acceptors (Lipinski definition) is 6. The maximum atomic E-state index is 13.1. The lowest BCUT2D eigenvalue weighted by atomic mass is 9.89. The lowest BCUT2D eigenvalue weighted by molar-refractivity contribution is 0.0693. The van der Waals surface area contributed by atoms with Crippen molar-refractivity contribution in [2.45, 2.75) is 45.8 Å². The van der Waals surface area contributed by atoms with Crippen LogP contribution in [0.15, 0.2) is 23.0 Å². The number of pyridine rings is 1. The van der Waals surface area contributed by atoms with Gasteiger partial charge in [0.2, 0.25) is 0 Å². The zero-order valence-corrected chi connectivity index (χ0v) is 18.8. The molecule has 0 radical (unpaired) electrons. The Labute approximate surface area is 186 Å². The topological polar surface area (TPSA) is 96.2 Å². The number of carbonyl (C=O) groups is 1. The Balaban J connectivity index is 1.90. The first kappa shape index (κ1) is 22.2. The number of nitrogens with zero attached hydrogens (tertiary/aromatic N) is 1. The summed E-state index contributed by atoms with van der Waals surface area (Å²) in [7, 11) is 1.56. The second kappa shape index (κ2) is 8.86. The van der Waals surface area contributed by atoms with Gasteiger partial charge in [-0.05, 0) is 37.8 Å². The second-order valence-electron chi connectivity index (χ2n) is 8.40. The number of rotatable bonds is 9. The lowest BCUT2D eigenvalue weighted by Crippen LogP contribution is -2.32. The fraction of sp³-hybridized carbons (Fsp3) is 0.500. The minimum absolute atomic E-state index is 0.0116. The molecule has 32 heavy (non-hydrogen) atoms.